The van der Waals surface area contributed by atoms with Crippen molar-refractivity contribution in [2.75, 3.05) is 13.1 Å². The lowest BCUT2D eigenvalue weighted by Crippen LogP contribution is -2.46. The molecule has 0 atom stereocenters. The Hall–Kier alpha value is -3.78. The van der Waals surface area contributed by atoms with Gasteiger partial charge in [0.25, 0.3) is 0 Å². The van der Waals surface area contributed by atoms with Gasteiger partial charge in [-0.25, -0.2) is 26.4 Å². The predicted molar refractivity (Wildman–Crippen MR) is 150 cm³/mol. The van der Waals surface area contributed by atoms with Gasteiger partial charge in [-0.2, -0.15) is 17.5 Å². The topological polar surface area (TPSA) is 121 Å². The monoisotopic (exact) mass is 618 g/mol. The number of rotatable bonds is 7. The summed E-state index contributed by atoms with van der Waals surface area (Å²) in [5.41, 5.74) is -0.772. The van der Waals surface area contributed by atoms with Crippen molar-refractivity contribution in [3.63, 3.8) is 0 Å². The lowest BCUT2D eigenvalue weighted by Gasteiger charge is -2.31. The zero-order valence-corrected chi connectivity index (χ0v) is 23.5. The first-order valence-corrected chi connectivity index (χ1v) is 15.7. The van der Waals surface area contributed by atoms with Crippen molar-refractivity contribution in [2.45, 2.75) is 34.9 Å². The van der Waals surface area contributed by atoms with E-state index in [1.54, 1.807) is 24.3 Å². The number of piperidine rings is 1. The van der Waals surface area contributed by atoms with Gasteiger partial charge in [0.15, 0.2) is 0 Å². The zero-order chi connectivity index (χ0) is 30.3. The van der Waals surface area contributed by atoms with Crippen LogP contribution in [0.1, 0.15) is 28.8 Å². The van der Waals surface area contributed by atoms with Crippen molar-refractivity contribution in [3.05, 3.63) is 96.1 Å². The molecule has 0 saturated carbocycles. The highest BCUT2D eigenvalue weighted by Crippen LogP contribution is 2.38. The second kappa shape index (κ2) is 11.1. The minimum atomic E-state index is -4.97. The fourth-order valence-electron chi connectivity index (χ4n) is 5.07. The number of benzene rings is 4. The highest BCUT2D eigenvalue weighted by atomic mass is 32.2. The number of halogens is 3. The van der Waals surface area contributed by atoms with Crippen LogP contribution in [-0.2, 0) is 26.2 Å². The van der Waals surface area contributed by atoms with E-state index in [1.807, 2.05) is 18.2 Å². The molecular weight excluding hydrogens is 593 g/mol. The van der Waals surface area contributed by atoms with Crippen LogP contribution in [0, 0.1) is 0 Å². The SMILES string of the molecule is O=C(O)c1cccc(S(=O)(=O)N2CCC(NS(=O)(=O)c3ccc(-c4cccc5ccccc45)cc3C(F)(F)F)CC2)c1. The van der Waals surface area contributed by atoms with Crippen molar-refractivity contribution in [1.82, 2.24) is 9.03 Å². The smallest absolute Gasteiger partial charge is 0.417 e. The molecule has 220 valence electrons. The maximum atomic E-state index is 14.2. The quantitative estimate of drug-likeness (QED) is 0.288. The largest absolute Gasteiger partial charge is 0.478 e. The van der Waals surface area contributed by atoms with Crippen molar-refractivity contribution in [1.29, 1.82) is 0 Å². The molecule has 13 heteroatoms. The number of nitrogens with zero attached hydrogens (tertiary/aromatic N) is 1. The van der Waals surface area contributed by atoms with E-state index in [1.165, 1.54) is 24.3 Å². The van der Waals surface area contributed by atoms with E-state index in [2.05, 4.69) is 4.72 Å². The summed E-state index contributed by atoms with van der Waals surface area (Å²) in [7, 11) is -8.70. The van der Waals surface area contributed by atoms with Crippen LogP contribution in [0.2, 0.25) is 0 Å². The van der Waals surface area contributed by atoms with Gasteiger partial charge in [0, 0.05) is 19.1 Å². The van der Waals surface area contributed by atoms with Gasteiger partial charge in [-0.3, -0.25) is 0 Å². The van der Waals surface area contributed by atoms with E-state index in [4.69, 9.17) is 5.11 Å². The minimum Gasteiger partial charge on any atom is -0.478 e. The molecule has 1 heterocycles. The summed E-state index contributed by atoms with van der Waals surface area (Å²) in [5, 5.41) is 10.7. The molecule has 1 aliphatic rings. The number of aromatic carboxylic acids is 1. The van der Waals surface area contributed by atoms with Crippen LogP contribution in [0.3, 0.4) is 0 Å². The standard InChI is InChI=1S/C29H25F3N2O6S2/c30-29(31,32)26-18-20(25-10-4-6-19-5-1-2-9-24(19)25)11-12-27(26)41(37,38)33-22-13-15-34(16-14-22)42(39,40)23-8-3-7-21(17-23)28(35)36/h1-12,17-18,22,33H,13-16H2,(H,35,36). The number of hydrogen-bond acceptors (Lipinski definition) is 5. The van der Waals surface area contributed by atoms with Crippen LogP contribution >= 0.6 is 0 Å². The first-order valence-electron chi connectivity index (χ1n) is 12.8. The Bertz CT molecular complexity index is 1880. The van der Waals surface area contributed by atoms with Crippen molar-refractivity contribution < 1.29 is 39.9 Å². The number of alkyl halides is 3. The third-order valence-electron chi connectivity index (χ3n) is 7.17. The summed E-state index contributed by atoms with van der Waals surface area (Å²) < 4.78 is 98.5. The van der Waals surface area contributed by atoms with Crippen LogP contribution < -0.4 is 4.72 Å². The molecule has 4 aromatic rings. The third kappa shape index (κ3) is 5.91. The molecule has 8 nitrogen and oxygen atoms in total. The van der Waals surface area contributed by atoms with Crippen molar-refractivity contribution in [2.24, 2.45) is 0 Å². The summed E-state index contributed by atoms with van der Waals surface area (Å²) >= 11 is 0. The van der Waals surface area contributed by atoms with E-state index in [-0.39, 0.29) is 42.0 Å². The highest BCUT2D eigenvalue weighted by Gasteiger charge is 2.39. The molecule has 1 aliphatic heterocycles. The molecule has 2 N–H and O–H groups in total. The normalized spacial score (nSPS) is 15.6. The number of hydrogen-bond donors (Lipinski definition) is 2. The summed E-state index contributed by atoms with van der Waals surface area (Å²) in [4.78, 5) is 10.1. The Kier molecular flexibility index (Phi) is 7.88. The summed E-state index contributed by atoms with van der Waals surface area (Å²) in [6, 6.07) is 19.6. The Labute approximate surface area is 240 Å². The first-order chi connectivity index (χ1) is 19.8. The average Bonchev–Trinajstić information content (AvgIpc) is 2.96. The summed E-state index contributed by atoms with van der Waals surface area (Å²) in [6.07, 6.45) is -4.95. The van der Waals surface area contributed by atoms with Gasteiger partial charge < -0.3 is 5.11 Å². The molecular formula is C29H25F3N2O6S2. The van der Waals surface area contributed by atoms with Crippen molar-refractivity contribution >= 4 is 36.8 Å². The molecule has 1 saturated heterocycles. The lowest BCUT2D eigenvalue weighted by molar-refractivity contribution is -0.139. The van der Waals surface area contributed by atoms with Gasteiger partial charge in [-0.1, -0.05) is 54.6 Å². The molecule has 0 bridgehead atoms. The Balaban J connectivity index is 1.37. The molecule has 5 rings (SSSR count). The lowest BCUT2D eigenvalue weighted by atomic mass is 9.97. The maximum absolute atomic E-state index is 14.2. The zero-order valence-electron chi connectivity index (χ0n) is 21.9. The van der Waals surface area contributed by atoms with E-state index < -0.39 is 48.7 Å². The summed E-state index contributed by atoms with van der Waals surface area (Å²) in [6.45, 7) is -0.224. The Morgan fingerprint density at radius 1 is 0.857 bits per heavy atom. The number of fused-ring (bicyclic) bond motifs is 1. The van der Waals surface area contributed by atoms with E-state index in [0.29, 0.717) is 5.56 Å². The first kappa shape index (κ1) is 29.7. The second-order valence-corrected chi connectivity index (χ2v) is 13.5. The molecule has 0 aromatic heterocycles. The van der Waals surface area contributed by atoms with E-state index in [0.717, 1.165) is 33.3 Å². The number of carbonyl (C=O) groups is 1. The van der Waals surface area contributed by atoms with Crippen LogP contribution in [0.4, 0.5) is 13.2 Å². The fourth-order valence-corrected chi connectivity index (χ4v) is 8.10. The number of nitrogens with one attached hydrogen (secondary N) is 1. The molecule has 42 heavy (non-hydrogen) atoms. The van der Waals surface area contributed by atoms with Gasteiger partial charge in [0.05, 0.1) is 20.9 Å². The molecule has 4 aromatic carbocycles. The average molecular weight is 619 g/mol. The van der Waals surface area contributed by atoms with Crippen molar-refractivity contribution in [3.8, 4) is 11.1 Å². The molecule has 0 radical (unpaired) electrons. The summed E-state index contributed by atoms with van der Waals surface area (Å²) in [5.74, 6) is -1.29. The molecule has 0 unspecified atom stereocenters. The highest BCUT2D eigenvalue weighted by molar-refractivity contribution is 7.89. The second-order valence-electron chi connectivity index (χ2n) is 9.87. The van der Waals surface area contributed by atoms with Gasteiger partial charge in [-0.05, 0) is 65.1 Å². The Morgan fingerprint density at radius 2 is 1.52 bits per heavy atom. The molecule has 0 aliphatic carbocycles. The van der Waals surface area contributed by atoms with Crippen LogP contribution in [0.25, 0.3) is 21.9 Å². The number of carboxylic acid groups (broad SMARTS) is 1. The molecule has 0 amide bonds. The fraction of sp³-hybridized carbons (Fsp3) is 0.207. The number of carboxylic acids is 1. The van der Waals surface area contributed by atoms with E-state index in [9.17, 15) is 34.8 Å². The van der Waals surface area contributed by atoms with Gasteiger partial charge in [-0.15, -0.1) is 0 Å². The number of sulfonamides is 2. The van der Waals surface area contributed by atoms with E-state index >= 15 is 0 Å². The van der Waals surface area contributed by atoms with Gasteiger partial charge >= 0.3 is 12.1 Å². The third-order valence-corrected chi connectivity index (χ3v) is 10.6. The van der Waals surface area contributed by atoms with Gasteiger partial charge in [0.2, 0.25) is 20.0 Å². The van der Waals surface area contributed by atoms with Crippen LogP contribution in [-0.4, -0.2) is 51.3 Å². The maximum Gasteiger partial charge on any atom is 0.417 e. The molecule has 0 spiro atoms. The van der Waals surface area contributed by atoms with Crippen LogP contribution in [0.15, 0.2) is 94.7 Å². The molecule has 1 fully saturated rings. The predicted octanol–water partition coefficient (Wildman–Crippen LogP) is 5.36. The minimum absolute atomic E-state index is 0.00647. The van der Waals surface area contributed by atoms with Gasteiger partial charge in [0.1, 0.15) is 0 Å². The van der Waals surface area contributed by atoms with Crippen LogP contribution in [0.5, 0.6) is 0 Å². The Morgan fingerprint density at radius 3 is 2.21 bits per heavy atom.